The zero-order valence-electron chi connectivity index (χ0n) is 6.57. The molecule has 4 nitrogen and oxygen atoms in total. The van der Waals surface area contributed by atoms with Crippen LogP contribution < -0.4 is 5.73 Å². The first-order valence-corrected chi connectivity index (χ1v) is 3.87. The van der Waals surface area contributed by atoms with Crippen LogP contribution in [-0.4, -0.2) is 11.3 Å². The van der Waals surface area contributed by atoms with Gasteiger partial charge >= 0.3 is 0 Å². The van der Waals surface area contributed by atoms with E-state index in [0.29, 0.717) is 12.0 Å². The summed E-state index contributed by atoms with van der Waals surface area (Å²) < 4.78 is 0. The standard InChI is InChI=1S/C8H6ClN3O/c9-6(4-13)8-1-5(2-10)7(11)3-12-8/h1,3-4,6H,11H2. The quantitative estimate of drug-likeness (QED) is 0.564. The van der Waals surface area contributed by atoms with Crippen molar-refractivity contribution in [3.05, 3.63) is 23.5 Å². The van der Waals surface area contributed by atoms with Gasteiger partial charge in [-0.2, -0.15) is 5.26 Å². The maximum atomic E-state index is 10.3. The monoisotopic (exact) mass is 195 g/mol. The number of aldehydes is 1. The first-order chi connectivity index (χ1) is 6.19. The molecule has 0 aliphatic carbocycles. The highest BCUT2D eigenvalue weighted by Gasteiger charge is 2.09. The molecule has 0 aliphatic heterocycles. The number of halogens is 1. The summed E-state index contributed by atoms with van der Waals surface area (Å²) in [6.07, 6.45) is 1.86. The zero-order chi connectivity index (χ0) is 9.84. The summed E-state index contributed by atoms with van der Waals surface area (Å²) in [4.78, 5) is 14.1. The normalized spacial score (nSPS) is 11.7. The van der Waals surface area contributed by atoms with E-state index in [1.165, 1.54) is 12.3 Å². The molecule has 0 spiro atoms. The van der Waals surface area contributed by atoms with Gasteiger partial charge in [-0.3, -0.25) is 4.98 Å². The molecule has 0 amide bonds. The highest BCUT2D eigenvalue weighted by Crippen LogP contribution is 2.18. The first kappa shape index (κ1) is 9.49. The van der Waals surface area contributed by atoms with E-state index in [1.54, 1.807) is 0 Å². The Morgan fingerprint density at radius 3 is 3.00 bits per heavy atom. The summed E-state index contributed by atoms with van der Waals surface area (Å²) in [5.74, 6) is 0. The number of rotatable bonds is 2. The number of aromatic nitrogens is 1. The van der Waals surface area contributed by atoms with Gasteiger partial charge in [-0.1, -0.05) is 0 Å². The molecule has 0 bridgehead atoms. The van der Waals surface area contributed by atoms with E-state index in [0.717, 1.165) is 0 Å². The number of anilines is 1. The van der Waals surface area contributed by atoms with E-state index < -0.39 is 5.38 Å². The Bertz CT molecular complexity index is 372. The zero-order valence-corrected chi connectivity index (χ0v) is 7.32. The minimum absolute atomic E-state index is 0.275. The Labute approximate surface area is 79.9 Å². The van der Waals surface area contributed by atoms with Crippen molar-refractivity contribution < 1.29 is 4.79 Å². The smallest absolute Gasteiger partial charge is 0.143 e. The van der Waals surface area contributed by atoms with Gasteiger partial charge in [0.25, 0.3) is 0 Å². The molecule has 66 valence electrons. The molecule has 1 aromatic rings. The molecule has 0 saturated carbocycles. The molecule has 0 aromatic carbocycles. The highest BCUT2D eigenvalue weighted by molar-refractivity contribution is 6.27. The van der Waals surface area contributed by atoms with Gasteiger partial charge in [0, 0.05) is 0 Å². The van der Waals surface area contributed by atoms with Gasteiger partial charge in [-0.05, 0) is 6.07 Å². The van der Waals surface area contributed by atoms with Crippen LogP contribution in [-0.2, 0) is 4.79 Å². The Balaban J connectivity index is 3.15. The van der Waals surface area contributed by atoms with Gasteiger partial charge in [0.15, 0.2) is 0 Å². The summed E-state index contributed by atoms with van der Waals surface area (Å²) in [5.41, 5.74) is 6.31. The summed E-state index contributed by atoms with van der Waals surface area (Å²) >= 11 is 5.59. The molecule has 0 fully saturated rings. The van der Waals surface area contributed by atoms with Crippen molar-refractivity contribution in [1.29, 1.82) is 5.26 Å². The van der Waals surface area contributed by atoms with Crippen LogP contribution in [0.2, 0.25) is 0 Å². The average molecular weight is 196 g/mol. The Hall–Kier alpha value is -1.60. The molecule has 1 aromatic heterocycles. The number of nitrogens with zero attached hydrogens (tertiary/aromatic N) is 2. The van der Waals surface area contributed by atoms with E-state index in [-0.39, 0.29) is 11.3 Å². The van der Waals surface area contributed by atoms with Crippen LogP contribution >= 0.6 is 11.6 Å². The van der Waals surface area contributed by atoms with Crippen molar-refractivity contribution in [3.63, 3.8) is 0 Å². The SMILES string of the molecule is N#Cc1cc(C(Cl)C=O)ncc1N. The van der Waals surface area contributed by atoms with Crippen molar-refractivity contribution in [1.82, 2.24) is 4.98 Å². The number of carbonyl (C=O) groups is 1. The number of pyridine rings is 1. The molecule has 0 radical (unpaired) electrons. The fraction of sp³-hybridized carbons (Fsp3) is 0.125. The van der Waals surface area contributed by atoms with Crippen LogP contribution in [0, 0.1) is 11.3 Å². The third kappa shape index (κ3) is 1.95. The Morgan fingerprint density at radius 1 is 1.77 bits per heavy atom. The Kier molecular flexibility index (Phi) is 2.83. The second-order valence-corrected chi connectivity index (χ2v) is 2.82. The Morgan fingerprint density at radius 2 is 2.46 bits per heavy atom. The maximum absolute atomic E-state index is 10.3. The highest BCUT2D eigenvalue weighted by atomic mass is 35.5. The molecule has 1 unspecified atom stereocenters. The molecule has 5 heteroatoms. The maximum Gasteiger partial charge on any atom is 0.143 e. The van der Waals surface area contributed by atoms with Crippen molar-refractivity contribution in [3.8, 4) is 6.07 Å². The molecular formula is C8H6ClN3O. The molecule has 1 atom stereocenters. The van der Waals surface area contributed by atoms with Gasteiger partial charge in [0.1, 0.15) is 17.7 Å². The van der Waals surface area contributed by atoms with E-state index in [1.807, 2.05) is 6.07 Å². The minimum Gasteiger partial charge on any atom is -0.396 e. The van der Waals surface area contributed by atoms with Crippen LogP contribution in [0.5, 0.6) is 0 Å². The van der Waals surface area contributed by atoms with Crippen LogP contribution in [0.25, 0.3) is 0 Å². The van der Waals surface area contributed by atoms with Gasteiger partial charge < -0.3 is 10.5 Å². The largest absolute Gasteiger partial charge is 0.396 e. The molecule has 2 N–H and O–H groups in total. The fourth-order valence-corrected chi connectivity index (χ4v) is 0.919. The summed E-state index contributed by atoms with van der Waals surface area (Å²) in [6.45, 7) is 0. The molecule has 0 saturated heterocycles. The lowest BCUT2D eigenvalue weighted by molar-refractivity contribution is -0.107. The first-order valence-electron chi connectivity index (χ1n) is 3.44. The molecule has 0 aliphatic rings. The van der Waals surface area contributed by atoms with Crippen LogP contribution in [0.1, 0.15) is 16.6 Å². The molecule has 13 heavy (non-hydrogen) atoms. The number of nitrogens with two attached hydrogens (primary N) is 1. The van der Waals surface area contributed by atoms with Gasteiger partial charge in [-0.15, -0.1) is 11.6 Å². The van der Waals surface area contributed by atoms with Crippen LogP contribution in [0.15, 0.2) is 12.3 Å². The third-order valence-electron chi connectivity index (χ3n) is 1.48. The van der Waals surface area contributed by atoms with E-state index in [2.05, 4.69) is 4.98 Å². The van der Waals surface area contributed by atoms with Gasteiger partial charge in [-0.25, -0.2) is 0 Å². The van der Waals surface area contributed by atoms with E-state index in [9.17, 15) is 4.79 Å². The lowest BCUT2D eigenvalue weighted by Gasteiger charge is -2.02. The van der Waals surface area contributed by atoms with Crippen molar-refractivity contribution >= 4 is 23.6 Å². The topological polar surface area (TPSA) is 79.8 Å². The average Bonchev–Trinajstić information content (AvgIpc) is 2.17. The third-order valence-corrected chi connectivity index (χ3v) is 1.80. The molecule has 1 heterocycles. The summed E-state index contributed by atoms with van der Waals surface area (Å²) in [7, 11) is 0. The second kappa shape index (κ2) is 3.87. The van der Waals surface area contributed by atoms with E-state index in [4.69, 9.17) is 22.6 Å². The molecule has 1 rings (SSSR count). The van der Waals surface area contributed by atoms with Gasteiger partial charge in [0.05, 0.1) is 23.1 Å². The number of alkyl halides is 1. The lowest BCUT2D eigenvalue weighted by Crippen LogP contribution is -1.99. The van der Waals surface area contributed by atoms with Crippen molar-refractivity contribution in [2.45, 2.75) is 5.38 Å². The number of nitrogen functional groups attached to an aromatic ring is 1. The summed E-state index contributed by atoms with van der Waals surface area (Å²) in [6, 6.07) is 3.28. The second-order valence-electron chi connectivity index (χ2n) is 2.35. The van der Waals surface area contributed by atoms with E-state index >= 15 is 0 Å². The lowest BCUT2D eigenvalue weighted by atomic mass is 10.2. The molecular weight excluding hydrogens is 190 g/mol. The van der Waals surface area contributed by atoms with Crippen LogP contribution in [0.4, 0.5) is 5.69 Å². The number of carbonyl (C=O) groups excluding carboxylic acids is 1. The fourth-order valence-electron chi connectivity index (χ4n) is 0.799. The van der Waals surface area contributed by atoms with Gasteiger partial charge in [0.2, 0.25) is 0 Å². The van der Waals surface area contributed by atoms with Crippen molar-refractivity contribution in [2.24, 2.45) is 0 Å². The number of nitriles is 1. The minimum atomic E-state index is -0.826. The van der Waals surface area contributed by atoms with Crippen molar-refractivity contribution in [2.75, 3.05) is 5.73 Å². The van der Waals surface area contributed by atoms with Crippen LogP contribution in [0.3, 0.4) is 0 Å². The predicted octanol–water partition coefficient (Wildman–Crippen LogP) is 1.01. The number of hydrogen-bond donors (Lipinski definition) is 1. The predicted molar refractivity (Wildman–Crippen MR) is 48.0 cm³/mol. The summed E-state index contributed by atoms with van der Waals surface area (Å²) in [5, 5.41) is 7.78. The number of hydrogen-bond acceptors (Lipinski definition) is 4.